The number of benzene rings is 1. The van der Waals surface area contributed by atoms with E-state index >= 15 is 0 Å². The number of halogens is 5. The average molecular weight is 255 g/mol. The molecule has 0 radical (unpaired) electrons. The zero-order valence-corrected chi connectivity index (χ0v) is 9.47. The van der Waals surface area contributed by atoms with Gasteiger partial charge in [-0.1, -0.05) is 13.3 Å². The minimum Gasteiger partial charge on any atom is -0.203 e. The highest BCUT2D eigenvalue weighted by atomic mass is 35.5. The van der Waals surface area contributed by atoms with Gasteiger partial charge < -0.3 is 0 Å². The van der Waals surface area contributed by atoms with Gasteiger partial charge in [0.05, 0.1) is 5.88 Å². The number of hydrogen-bond acceptors (Lipinski definition) is 0. The Morgan fingerprint density at radius 1 is 0.875 bits per heavy atom. The fraction of sp³-hybridized carbons (Fsp3) is 0.455. The summed E-state index contributed by atoms with van der Waals surface area (Å²) in [5.41, 5.74) is -1.29. The van der Waals surface area contributed by atoms with Crippen LogP contribution in [0.3, 0.4) is 0 Å². The first-order valence-electron chi connectivity index (χ1n) is 4.94. The molecule has 16 heavy (non-hydrogen) atoms. The number of alkyl halides is 1. The standard InChI is InChI=1S/C11H11ClF4/c1-2-3-4-6-8(13)10(15)7(5-12)11(16)9(6)14/h2-5H2,1H3. The highest BCUT2D eigenvalue weighted by Crippen LogP contribution is 2.26. The molecule has 0 atom stereocenters. The molecule has 0 aliphatic heterocycles. The molecule has 0 aliphatic rings. The molecule has 0 amide bonds. The lowest BCUT2D eigenvalue weighted by atomic mass is 10.0. The van der Waals surface area contributed by atoms with Gasteiger partial charge in [-0.3, -0.25) is 0 Å². The van der Waals surface area contributed by atoms with Gasteiger partial charge in [-0.15, -0.1) is 11.6 Å². The topological polar surface area (TPSA) is 0 Å². The van der Waals surface area contributed by atoms with Crippen molar-refractivity contribution in [2.75, 3.05) is 0 Å². The van der Waals surface area contributed by atoms with E-state index in [1.165, 1.54) is 0 Å². The highest BCUT2D eigenvalue weighted by Gasteiger charge is 2.23. The second-order valence-electron chi connectivity index (χ2n) is 3.45. The van der Waals surface area contributed by atoms with Crippen molar-refractivity contribution in [1.82, 2.24) is 0 Å². The number of unbranched alkanes of at least 4 members (excludes halogenated alkanes) is 1. The molecule has 90 valence electrons. The van der Waals surface area contributed by atoms with Crippen molar-refractivity contribution in [3.05, 3.63) is 34.4 Å². The Bertz CT molecular complexity index is 361. The Labute approximate surface area is 96.2 Å². The van der Waals surface area contributed by atoms with Crippen molar-refractivity contribution in [2.24, 2.45) is 0 Å². The maximum atomic E-state index is 13.4. The molecule has 0 heterocycles. The summed E-state index contributed by atoms with van der Waals surface area (Å²) in [6.07, 6.45) is 1.12. The Morgan fingerprint density at radius 2 is 1.31 bits per heavy atom. The molecule has 5 heteroatoms. The lowest BCUT2D eigenvalue weighted by Crippen LogP contribution is -2.07. The Morgan fingerprint density at radius 3 is 1.69 bits per heavy atom. The Balaban J connectivity index is 3.29. The second-order valence-corrected chi connectivity index (χ2v) is 3.72. The van der Waals surface area contributed by atoms with Crippen LogP contribution >= 0.6 is 11.6 Å². The monoisotopic (exact) mass is 254 g/mol. The van der Waals surface area contributed by atoms with Gasteiger partial charge in [0.15, 0.2) is 23.3 Å². The molecule has 0 nitrogen and oxygen atoms in total. The fourth-order valence-electron chi connectivity index (χ4n) is 1.41. The van der Waals surface area contributed by atoms with Crippen LogP contribution in [0.4, 0.5) is 17.6 Å². The van der Waals surface area contributed by atoms with Gasteiger partial charge in [0.2, 0.25) is 0 Å². The molecular weight excluding hydrogens is 244 g/mol. The molecular formula is C11H11ClF4. The van der Waals surface area contributed by atoms with E-state index in [1.54, 1.807) is 0 Å². The van der Waals surface area contributed by atoms with Gasteiger partial charge in [-0.05, 0) is 12.8 Å². The molecule has 0 spiro atoms. The number of hydrogen-bond donors (Lipinski definition) is 0. The van der Waals surface area contributed by atoms with Crippen molar-refractivity contribution in [2.45, 2.75) is 32.1 Å². The van der Waals surface area contributed by atoms with Crippen molar-refractivity contribution in [3.63, 3.8) is 0 Å². The fourth-order valence-corrected chi connectivity index (χ4v) is 1.65. The molecule has 0 saturated carbocycles. The summed E-state index contributed by atoms with van der Waals surface area (Å²) in [6, 6.07) is 0. The third kappa shape index (κ3) is 2.32. The largest absolute Gasteiger partial charge is 0.203 e. The van der Waals surface area contributed by atoms with E-state index in [4.69, 9.17) is 11.6 Å². The Hall–Kier alpha value is -0.770. The zero-order valence-electron chi connectivity index (χ0n) is 8.72. The predicted octanol–water partition coefficient (Wildman–Crippen LogP) is 4.32. The number of rotatable bonds is 4. The van der Waals surface area contributed by atoms with Crippen molar-refractivity contribution in [3.8, 4) is 0 Å². The molecule has 0 fully saturated rings. The maximum Gasteiger partial charge on any atom is 0.166 e. The quantitative estimate of drug-likeness (QED) is 0.426. The van der Waals surface area contributed by atoms with Crippen molar-refractivity contribution >= 4 is 11.6 Å². The van der Waals surface area contributed by atoms with E-state index in [0.717, 1.165) is 0 Å². The third-order valence-corrected chi connectivity index (χ3v) is 2.63. The Kier molecular flexibility index (Phi) is 4.59. The maximum absolute atomic E-state index is 13.4. The van der Waals surface area contributed by atoms with E-state index in [1.807, 2.05) is 6.92 Å². The molecule has 0 aromatic heterocycles. The van der Waals surface area contributed by atoms with E-state index in [9.17, 15) is 17.6 Å². The molecule has 0 N–H and O–H groups in total. The third-order valence-electron chi connectivity index (χ3n) is 2.36. The van der Waals surface area contributed by atoms with Crippen LogP contribution in [0, 0.1) is 23.3 Å². The SMILES string of the molecule is CCCCc1c(F)c(F)c(CCl)c(F)c1F. The first-order valence-corrected chi connectivity index (χ1v) is 5.47. The van der Waals surface area contributed by atoms with Crippen molar-refractivity contribution < 1.29 is 17.6 Å². The summed E-state index contributed by atoms with van der Waals surface area (Å²) in [5, 5.41) is 0. The molecule has 0 aliphatic carbocycles. The summed E-state index contributed by atoms with van der Waals surface area (Å²) >= 11 is 5.22. The normalized spacial score (nSPS) is 10.9. The lowest BCUT2D eigenvalue weighted by molar-refractivity contribution is 0.428. The van der Waals surface area contributed by atoms with Gasteiger partial charge in [-0.25, -0.2) is 17.6 Å². The van der Waals surface area contributed by atoms with Crippen LogP contribution in [-0.2, 0) is 12.3 Å². The minimum absolute atomic E-state index is 0.0232. The summed E-state index contributed by atoms with van der Waals surface area (Å²) in [6.45, 7) is 1.82. The lowest BCUT2D eigenvalue weighted by Gasteiger charge is -2.09. The van der Waals surface area contributed by atoms with Crippen LogP contribution in [0.15, 0.2) is 0 Å². The average Bonchev–Trinajstić information content (AvgIpc) is 2.27. The molecule has 1 rings (SSSR count). The van der Waals surface area contributed by atoms with E-state index in [-0.39, 0.29) is 6.42 Å². The van der Waals surface area contributed by atoms with Gasteiger partial charge in [0.1, 0.15) is 0 Å². The smallest absolute Gasteiger partial charge is 0.166 e. The van der Waals surface area contributed by atoms with Gasteiger partial charge in [0, 0.05) is 11.1 Å². The van der Waals surface area contributed by atoms with Crippen LogP contribution in [0.1, 0.15) is 30.9 Å². The van der Waals surface area contributed by atoms with Gasteiger partial charge >= 0.3 is 0 Å². The molecule has 0 saturated heterocycles. The van der Waals surface area contributed by atoms with Crippen LogP contribution in [-0.4, -0.2) is 0 Å². The second kappa shape index (κ2) is 5.53. The first-order chi connectivity index (χ1) is 7.54. The highest BCUT2D eigenvalue weighted by molar-refractivity contribution is 6.17. The minimum atomic E-state index is -1.39. The summed E-state index contributed by atoms with van der Waals surface area (Å²) in [5.74, 6) is -6.04. The summed E-state index contributed by atoms with van der Waals surface area (Å²) < 4.78 is 53.3. The van der Waals surface area contributed by atoms with Crippen LogP contribution < -0.4 is 0 Å². The first kappa shape index (κ1) is 13.3. The van der Waals surface area contributed by atoms with Crippen LogP contribution in [0.5, 0.6) is 0 Å². The van der Waals surface area contributed by atoms with Gasteiger partial charge in [-0.2, -0.15) is 0 Å². The zero-order chi connectivity index (χ0) is 12.3. The predicted molar refractivity (Wildman–Crippen MR) is 54.4 cm³/mol. The van der Waals surface area contributed by atoms with E-state index in [2.05, 4.69) is 0 Å². The van der Waals surface area contributed by atoms with E-state index in [0.29, 0.717) is 12.8 Å². The van der Waals surface area contributed by atoms with Crippen LogP contribution in [0.25, 0.3) is 0 Å². The molecule has 1 aromatic carbocycles. The van der Waals surface area contributed by atoms with Crippen molar-refractivity contribution in [1.29, 1.82) is 0 Å². The van der Waals surface area contributed by atoms with Crippen LogP contribution in [0.2, 0.25) is 0 Å². The molecule has 0 unspecified atom stereocenters. The van der Waals surface area contributed by atoms with E-state index < -0.39 is 40.3 Å². The molecule has 0 bridgehead atoms. The summed E-state index contributed by atoms with van der Waals surface area (Å²) in [4.78, 5) is 0. The van der Waals surface area contributed by atoms with Gasteiger partial charge in [0.25, 0.3) is 0 Å². The molecule has 1 aromatic rings. The summed E-state index contributed by atoms with van der Waals surface area (Å²) in [7, 11) is 0.